The number of ether oxygens (including phenoxy) is 6. The maximum atomic E-state index is 13.2. The van der Waals surface area contributed by atoms with Crippen molar-refractivity contribution >= 4 is 46.8 Å². The highest BCUT2D eigenvalue weighted by Crippen LogP contribution is 2.50. The third-order valence-electron chi connectivity index (χ3n) is 27.7. The minimum atomic E-state index is -0.605. The number of imide groups is 2. The van der Waals surface area contributed by atoms with Crippen molar-refractivity contribution in [2.75, 3.05) is 115 Å². The van der Waals surface area contributed by atoms with Gasteiger partial charge in [0.15, 0.2) is 0 Å². The van der Waals surface area contributed by atoms with E-state index >= 15 is 0 Å². The molecule has 6 atom stereocenters. The molecule has 6 amide bonds. The fraction of sp³-hybridized carbons (Fsp3) is 0.417. The van der Waals surface area contributed by atoms with Crippen molar-refractivity contribution in [3.63, 3.8) is 0 Å². The Morgan fingerprint density at radius 2 is 0.855 bits per heavy atom. The van der Waals surface area contributed by atoms with E-state index in [1.807, 2.05) is 42.5 Å². The van der Waals surface area contributed by atoms with Gasteiger partial charge in [-0.25, -0.2) is 0 Å². The van der Waals surface area contributed by atoms with Crippen molar-refractivity contribution < 1.29 is 62.3 Å². The number of aryl methyl sites for hydroxylation is 2. The minimum Gasteiger partial charge on any atom is -0.508 e. The van der Waals surface area contributed by atoms with E-state index in [1.54, 1.807) is 9.80 Å². The van der Waals surface area contributed by atoms with Crippen molar-refractivity contribution in [2.45, 2.75) is 169 Å². The SMILES string of the molecule is C1CCOC1.O=C1CCC(N2Cc3cc(N4CCC5(CC4)CN(CCCOc4ccc([C@@H]6c7ccc(O)cc7CC[C@@H]6c6ccccc6)cc4)CCO5)ccc3C2=O)C(=O)N1.O=C1CCC(N2Cc3cc(N4CCC5(CC4)CN(CCCOc4ccc([C@@H]6c7ccc(OCc8ccccc8)cc7CC[C@@H]6c6ccccc6)cc4)CCO5)ccc3C2=O)C(=O)N1. The average Bonchev–Trinajstić information content (AvgIpc) is 1.59. The number of nitrogens with one attached hydrogen (secondary N) is 2. The minimum absolute atomic E-state index is 0.137. The highest BCUT2D eigenvalue weighted by molar-refractivity contribution is 6.07. The molecule has 2 unspecified atom stereocenters. The smallest absolute Gasteiger partial charge is 0.255 e. The first-order valence-electron chi connectivity index (χ1n) is 45.2. The van der Waals surface area contributed by atoms with E-state index < -0.39 is 12.1 Å². The van der Waals surface area contributed by atoms with Crippen molar-refractivity contribution in [1.29, 1.82) is 0 Å². The van der Waals surface area contributed by atoms with Crippen molar-refractivity contribution in [2.24, 2.45) is 0 Å². The molecule has 7 fully saturated rings. The third-order valence-corrected chi connectivity index (χ3v) is 27.7. The average molecular weight is 1670 g/mol. The van der Waals surface area contributed by atoms with E-state index in [-0.39, 0.29) is 71.3 Å². The molecule has 0 radical (unpaired) electrons. The van der Waals surface area contributed by atoms with Crippen molar-refractivity contribution in [3.8, 4) is 23.0 Å². The number of morpholine rings is 2. The maximum absolute atomic E-state index is 13.2. The number of aromatic hydroxyl groups is 1. The van der Waals surface area contributed by atoms with Gasteiger partial charge in [-0.05, 0) is 248 Å². The van der Waals surface area contributed by atoms with Gasteiger partial charge < -0.3 is 53.1 Å². The number of nitrogens with zero attached hydrogens (tertiary/aromatic N) is 6. The maximum Gasteiger partial charge on any atom is 0.255 e. The van der Waals surface area contributed by atoms with Gasteiger partial charge in [-0.1, -0.05) is 127 Å². The zero-order valence-electron chi connectivity index (χ0n) is 70.9. The summed E-state index contributed by atoms with van der Waals surface area (Å²) in [6.45, 7) is 15.2. The molecule has 21 nitrogen and oxygen atoms in total. The normalized spacial score (nSPS) is 22.8. The molecule has 644 valence electrons. The second-order valence-corrected chi connectivity index (χ2v) is 35.5. The first-order valence-corrected chi connectivity index (χ1v) is 45.2. The summed E-state index contributed by atoms with van der Waals surface area (Å²) in [5.41, 5.74) is 16.8. The monoisotopic (exact) mass is 1670 g/mol. The summed E-state index contributed by atoms with van der Waals surface area (Å²) >= 11 is 0. The van der Waals surface area contributed by atoms with Crippen LogP contribution in [0.15, 0.2) is 212 Å². The first-order chi connectivity index (χ1) is 60.7. The van der Waals surface area contributed by atoms with Crippen LogP contribution >= 0.6 is 0 Å². The molecule has 124 heavy (non-hydrogen) atoms. The lowest BCUT2D eigenvalue weighted by molar-refractivity contribution is -0.138. The van der Waals surface area contributed by atoms with Gasteiger partial charge in [0.05, 0.1) is 37.6 Å². The van der Waals surface area contributed by atoms with Crippen LogP contribution in [-0.4, -0.2) is 189 Å². The summed E-state index contributed by atoms with van der Waals surface area (Å²) in [5, 5.41) is 15.0. The molecule has 9 aliphatic heterocycles. The Morgan fingerprint density at radius 1 is 0.411 bits per heavy atom. The number of benzene rings is 9. The molecule has 20 rings (SSSR count). The number of hydrogen-bond donors (Lipinski definition) is 3. The van der Waals surface area contributed by atoms with Gasteiger partial charge in [-0.3, -0.25) is 49.2 Å². The quantitative estimate of drug-likeness (QED) is 0.0449. The predicted octanol–water partition coefficient (Wildman–Crippen LogP) is 15.0. The molecular weight excluding hydrogens is 1560 g/mol. The second-order valence-electron chi connectivity index (χ2n) is 35.5. The van der Waals surface area contributed by atoms with Crippen LogP contribution in [0.25, 0.3) is 0 Å². The van der Waals surface area contributed by atoms with E-state index in [0.29, 0.717) is 74.5 Å². The molecule has 3 N–H and O–H groups in total. The molecule has 0 aromatic heterocycles. The zero-order chi connectivity index (χ0) is 84.5. The fourth-order valence-electron chi connectivity index (χ4n) is 21.1. The largest absolute Gasteiger partial charge is 0.508 e. The van der Waals surface area contributed by atoms with Gasteiger partial charge in [-0.15, -0.1) is 0 Å². The number of rotatable bonds is 21. The molecule has 2 aliphatic carbocycles. The van der Waals surface area contributed by atoms with Crippen LogP contribution in [-0.2, 0) is 65.9 Å². The highest BCUT2D eigenvalue weighted by atomic mass is 16.5. The number of phenolic OH excluding ortho intramolecular Hbond substituents is 1. The van der Waals surface area contributed by atoms with E-state index in [9.17, 15) is 33.9 Å². The molecule has 9 heterocycles. The fourth-order valence-corrected chi connectivity index (χ4v) is 21.1. The molecule has 9 aromatic carbocycles. The standard InChI is InChI=1S/C53H56N4O6.C46H50N4O6.C4H8O/c58-49-23-22-48(51(59)54-49)57-34-41-32-42(15-20-47(41)52(57)60)56-27-24-53(25-28-56)36-55(29-31-63-53)26-7-30-61-43-16-12-39(13-17-43)50-45(38-10-5-2-6-11-38)19-14-40-33-44(18-21-46(40)50)62-35-37-8-3-1-4-9-37;51-36-11-16-39-33(28-36)9-14-38(31-5-2-1-3-6-31)43(39)32-7-12-37(13-8-32)55-25-4-21-48-24-26-56-46(30-48)19-22-49(23-20-46)35-10-15-40-34(27-35)29-50(45(40)54)41-17-18-42(52)47-44(41)53;1-2-4-5-3-1/h1-6,8-13,15-18,20-21,32-33,45,48,50H,7,14,19,22-31,34-36H2,(H,54,58,59);1-3,5-8,10-13,15-16,27-28,38,41,43,51H,4,9,14,17-26,29-30H2,(H,47,52,53);1-4H2/t45-,48?,50+;38-,41?,43+;/m11./s1. The topological polar surface area (TPSA) is 222 Å². The Kier molecular flexibility index (Phi) is 25.7. The van der Waals surface area contributed by atoms with Crippen LogP contribution in [0, 0.1) is 0 Å². The van der Waals surface area contributed by atoms with Crippen molar-refractivity contribution in [1.82, 2.24) is 30.2 Å². The Morgan fingerprint density at radius 3 is 1.31 bits per heavy atom. The zero-order valence-corrected chi connectivity index (χ0v) is 70.9. The number of carbonyl (C=O) groups excluding carboxylic acids is 6. The summed E-state index contributed by atoms with van der Waals surface area (Å²) in [6, 6.07) is 73.0. The van der Waals surface area contributed by atoms with Gasteiger partial charge in [0.25, 0.3) is 11.8 Å². The number of piperidine rings is 4. The molecule has 2 spiro atoms. The summed E-state index contributed by atoms with van der Waals surface area (Å²) in [7, 11) is 0. The molecular formula is C103H114N8O13. The second kappa shape index (κ2) is 38.1. The van der Waals surface area contributed by atoms with Crippen LogP contribution in [0.2, 0.25) is 0 Å². The van der Waals surface area contributed by atoms with E-state index in [1.165, 1.54) is 62.9 Å². The number of amides is 6. The van der Waals surface area contributed by atoms with E-state index in [0.717, 1.165) is 196 Å². The van der Waals surface area contributed by atoms with E-state index in [2.05, 4.69) is 200 Å². The number of carbonyl (C=O) groups is 6. The lowest BCUT2D eigenvalue weighted by Crippen LogP contribution is -2.57. The Bertz CT molecular complexity index is 5260. The van der Waals surface area contributed by atoms with Crippen LogP contribution in [0.4, 0.5) is 11.4 Å². The lowest BCUT2D eigenvalue weighted by atomic mass is 9.69. The van der Waals surface area contributed by atoms with Gasteiger partial charge in [0.1, 0.15) is 41.7 Å². The summed E-state index contributed by atoms with van der Waals surface area (Å²) in [6.07, 6.45) is 13.5. The number of fused-ring (bicyclic) bond motifs is 4. The molecule has 0 bridgehead atoms. The molecule has 11 aliphatic rings. The van der Waals surface area contributed by atoms with Crippen LogP contribution in [0.1, 0.15) is 195 Å². The van der Waals surface area contributed by atoms with Gasteiger partial charge >= 0.3 is 0 Å². The first kappa shape index (κ1) is 83.7. The van der Waals surface area contributed by atoms with Crippen LogP contribution in [0.5, 0.6) is 23.0 Å². The third kappa shape index (κ3) is 19.1. The summed E-state index contributed by atoms with van der Waals surface area (Å²) in [5.74, 6) is 2.66. The number of anilines is 2. The Hall–Kier alpha value is -11.2. The Labute approximate surface area is 727 Å². The molecule has 0 saturated carbocycles. The Balaban J connectivity index is 0.000000161. The van der Waals surface area contributed by atoms with Gasteiger partial charge in [0.2, 0.25) is 23.6 Å². The number of hydrogen-bond acceptors (Lipinski definition) is 17. The molecule has 9 aromatic rings. The predicted molar refractivity (Wildman–Crippen MR) is 475 cm³/mol. The lowest BCUT2D eigenvalue weighted by Gasteiger charge is -2.48. The molecule has 7 saturated heterocycles. The molecule has 21 heteroatoms. The van der Waals surface area contributed by atoms with Crippen LogP contribution < -0.4 is 34.6 Å². The van der Waals surface area contributed by atoms with E-state index in [4.69, 9.17) is 28.4 Å². The summed E-state index contributed by atoms with van der Waals surface area (Å²) < 4.78 is 36.8. The van der Waals surface area contributed by atoms with Crippen LogP contribution in [0.3, 0.4) is 0 Å². The number of phenols is 1. The highest BCUT2D eigenvalue weighted by Gasteiger charge is 2.45. The van der Waals surface area contributed by atoms with Gasteiger partial charge in [0, 0.05) is 139 Å². The summed E-state index contributed by atoms with van der Waals surface area (Å²) in [4.78, 5) is 87.8. The van der Waals surface area contributed by atoms with Crippen molar-refractivity contribution in [3.05, 3.63) is 285 Å². The van der Waals surface area contributed by atoms with Gasteiger partial charge in [-0.2, -0.15) is 0 Å².